The van der Waals surface area contributed by atoms with Crippen LogP contribution in [0.5, 0.6) is 0 Å². The van der Waals surface area contributed by atoms with Gasteiger partial charge in [-0.2, -0.15) is 0 Å². The van der Waals surface area contributed by atoms with E-state index in [1.54, 1.807) is 0 Å². The molecule has 1 nitrogen and oxygen atoms in total. The molecule has 0 aliphatic heterocycles. The maximum Gasteiger partial charge on any atom is 0.0178 e. The standard InChI is InChI=1S/C12H16BrN/c1-2-14-8-10-7-12(10)9-4-3-5-11(13)6-9/h3-6,10,12,14H,2,7-8H2,1H3. The maximum atomic E-state index is 3.52. The predicted octanol–water partition coefficient (Wildman–Crippen LogP) is 3.16. The zero-order valence-electron chi connectivity index (χ0n) is 8.46. The van der Waals surface area contributed by atoms with Crippen molar-refractivity contribution in [2.45, 2.75) is 19.3 Å². The summed E-state index contributed by atoms with van der Waals surface area (Å²) in [4.78, 5) is 0. The first kappa shape index (κ1) is 10.2. The molecule has 0 radical (unpaired) electrons. The van der Waals surface area contributed by atoms with Gasteiger partial charge in [0, 0.05) is 4.47 Å². The number of hydrogen-bond donors (Lipinski definition) is 1. The summed E-state index contributed by atoms with van der Waals surface area (Å²) < 4.78 is 1.20. The van der Waals surface area contributed by atoms with Gasteiger partial charge in [0.15, 0.2) is 0 Å². The van der Waals surface area contributed by atoms with E-state index in [1.165, 1.54) is 23.0 Å². The van der Waals surface area contributed by atoms with Crippen LogP contribution in [-0.4, -0.2) is 13.1 Å². The van der Waals surface area contributed by atoms with E-state index in [4.69, 9.17) is 0 Å². The highest BCUT2D eigenvalue weighted by Crippen LogP contribution is 2.47. The first-order chi connectivity index (χ1) is 6.81. The van der Waals surface area contributed by atoms with Crippen molar-refractivity contribution in [1.29, 1.82) is 0 Å². The van der Waals surface area contributed by atoms with Gasteiger partial charge in [-0.1, -0.05) is 35.0 Å². The Labute approximate surface area is 94.0 Å². The SMILES string of the molecule is CCNCC1CC1c1cccc(Br)c1. The first-order valence-electron chi connectivity index (χ1n) is 5.27. The number of hydrogen-bond acceptors (Lipinski definition) is 1. The summed E-state index contributed by atoms with van der Waals surface area (Å²) in [5.41, 5.74) is 1.49. The van der Waals surface area contributed by atoms with Gasteiger partial charge in [0.05, 0.1) is 0 Å². The van der Waals surface area contributed by atoms with E-state index < -0.39 is 0 Å². The zero-order valence-corrected chi connectivity index (χ0v) is 10.0. The highest BCUT2D eigenvalue weighted by Gasteiger charge is 2.37. The molecule has 14 heavy (non-hydrogen) atoms. The Morgan fingerprint density at radius 3 is 3.07 bits per heavy atom. The Bertz CT molecular complexity index is 311. The fraction of sp³-hybridized carbons (Fsp3) is 0.500. The molecule has 1 aliphatic rings. The van der Waals surface area contributed by atoms with Crippen molar-refractivity contribution in [1.82, 2.24) is 5.32 Å². The summed E-state index contributed by atoms with van der Waals surface area (Å²) in [6, 6.07) is 8.70. The number of benzene rings is 1. The van der Waals surface area contributed by atoms with Gasteiger partial charge in [-0.05, 0) is 49.0 Å². The van der Waals surface area contributed by atoms with E-state index in [2.05, 4.69) is 52.4 Å². The molecule has 2 atom stereocenters. The molecule has 1 aromatic rings. The van der Waals surface area contributed by atoms with Crippen LogP contribution in [0.2, 0.25) is 0 Å². The summed E-state index contributed by atoms with van der Waals surface area (Å²) >= 11 is 3.52. The predicted molar refractivity (Wildman–Crippen MR) is 63.5 cm³/mol. The Balaban J connectivity index is 1.92. The highest BCUT2D eigenvalue weighted by atomic mass is 79.9. The third kappa shape index (κ3) is 2.37. The van der Waals surface area contributed by atoms with E-state index in [9.17, 15) is 0 Å². The van der Waals surface area contributed by atoms with Crippen LogP contribution in [0, 0.1) is 5.92 Å². The van der Waals surface area contributed by atoms with Crippen molar-refractivity contribution >= 4 is 15.9 Å². The van der Waals surface area contributed by atoms with Crippen LogP contribution in [0.15, 0.2) is 28.7 Å². The normalized spacial score (nSPS) is 25.0. The van der Waals surface area contributed by atoms with Crippen molar-refractivity contribution < 1.29 is 0 Å². The van der Waals surface area contributed by atoms with Crippen LogP contribution in [0.1, 0.15) is 24.8 Å². The molecule has 0 heterocycles. The number of halogens is 1. The van der Waals surface area contributed by atoms with Crippen LogP contribution in [0.25, 0.3) is 0 Å². The molecule has 2 heteroatoms. The molecule has 0 aromatic heterocycles. The molecule has 2 rings (SSSR count). The summed E-state index contributed by atoms with van der Waals surface area (Å²) in [5.74, 6) is 1.66. The van der Waals surface area contributed by atoms with Crippen LogP contribution < -0.4 is 5.32 Å². The molecule has 0 bridgehead atoms. The van der Waals surface area contributed by atoms with Crippen molar-refractivity contribution in [3.8, 4) is 0 Å². The first-order valence-corrected chi connectivity index (χ1v) is 6.06. The quantitative estimate of drug-likeness (QED) is 0.870. The van der Waals surface area contributed by atoms with Gasteiger partial charge in [-0.3, -0.25) is 0 Å². The summed E-state index contributed by atoms with van der Waals surface area (Å²) in [5, 5.41) is 3.41. The van der Waals surface area contributed by atoms with Gasteiger partial charge < -0.3 is 5.32 Å². The third-order valence-corrected chi connectivity index (χ3v) is 3.35. The monoisotopic (exact) mass is 253 g/mol. The van der Waals surface area contributed by atoms with Gasteiger partial charge >= 0.3 is 0 Å². The van der Waals surface area contributed by atoms with Gasteiger partial charge in [0.25, 0.3) is 0 Å². The minimum Gasteiger partial charge on any atom is -0.317 e. The van der Waals surface area contributed by atoms with E-state index in [0.29, 0.717) is 0 Å². The lowest BCUT2D eigenvalue weighted by Crippen LogP contribution is -2.16. The summed E-state index contributed by atoms with van der Waals surface area (Å²) in [6.45, 7) is 4.42. The van der Waals surface area contributed by atoms with Crippen molar-refractivity contribution in [3.05, 3.63) is 34.3 Å². The largest absolute Gasteiger partial charge is 0.317 e. The lowest BCUT2D eigenvalue weighted by molar-refractivity contribution is 0.649. The van der Waals surface area contributed by atoms with Crippen LogP contribution >= 0.6 is 15.9 Å². The number of nitrogens with one attached hydrogen (secondary N) is 1. The summed E-state index contributed by atoms with van der Waals surface area (Å²) in [7, 11) is 0. The average molecular weight is 254 g/mol. The van der Waals surface area contributed by atoms with Gasteiger partial charge in [-0.25, -0.2) is 0 Å². The smallest absolute Gasteiger partial charge is 0.0178 e. The van der Waals surface area contributed by atoms with E-state index in [1.807, 2.05) is 0 Å². The van der Waals surface area contributed by atoms with Gasteiger partial charge in [-0.15, -0.1) is 0 Å². The van der Waals surface area contributed by atoms with Crippen molar-refractivity contribution in [2.24, 2.45) is 5.92 Å². The van der Waals surface area contributed by atoms with Crippen LogP contribution in [0.4, 0.5) is 0 Å². The molecule has 0 saturated heterocycles. The van der Waals surface area contributed by atoms with Crippen molar-refractivity contribution in [3.63, 3.8) is 0 Å². The van der Waals surface area contributed by atoms with Gasteiger partial charge in [0.1, 0.15) is 0 Å². The van der Waals surface area contributed by atoms with Crippen molar-refractivity contribution in [2.75, 3.05) is 13.1 Å². The fourth-order valence-corrected chi connectivity index (χ4v) is 2.37. The molecule has 2 unspecified atom stereocenters. The van der Waals surface area contributed by atoms with E-state index in [-0.39, 0.29) is 0 Å². The van der Waals surface area contributed by atoms with Crippen LogP contribution in [-0.2, 0) is 0 Å². The Morgan fingerprint density at radius 2 is 2.36 bits per heavy atom. The lowest BCUT2D eigenvalue weighted by atomic mass is 10.1. The zero-order chi connectivity index (χ0) is 9.97. The Morgan fingerprint density at radius 1 is 1.50 bits per heavy atom. The molecule has 76 valence electrons. The number of rotatable bonds is 4. The molecular weight excluding hydrogens is 238 g/mol. The third-order valence-electron chi connectivity index (χ3n) is 2.86. The second kappa shape index (κ2) is 4.45. The Hall–Kier alpha value is -0.340. The topological polar surface area (TPSA) is 12.0 Å². The second-order valence-corrected chi connectivity index (χ2v) is 4.88. The molecule has 1 N–H and O–H groups in total. The lowest BCUT2D eigenvalue weighted by Gasteiger charge is -2.02. The molecule has 0 amide bonds. The Kier molecular flexibility index (Phi) is 3.24. The average Bonchev–Trinajstić information content (AvgIpc) is 2.94. The molecule has 1 saturated carbocycles. The van der Waals surface area contributed by atoms with E-state index in [0.717, 1.165) is 18.4 Å². The molecule has 0 spiro atoms. The maximum absolute atomic E-state index is 3.52. The minimum atomic E-state index is 0.798. The molecule has 1 aromatic carbocycles. The molecular formula is C12H16BrN. The van der Waals surface area contributed by atoms with Gasteiger partial charge in [0.2, 0.25) is 0 Å². The second-order valence-electron chi connectivity index (χ2n) is 3.96. The minimum absolute atomic E-state index is 0.798. The summed E-state index contributed by atoms with van der Waals surface area (Å²) in [6.07, 6.45) is 1.35. The van der Waals surface area contributed by atoms with E-state index >= 15 is 0 Å². The fourth-order valence-electron chi connectivity index (χ4n) is 1.95. The highest BCUT2D eigenvalue weighted by molar-refractivity contribution is 9.10. The molecule has 1 aliphatic carbocycles. The van der Waals surface area contributed by atoms with Crippen LogP contribution in [0.3, 0.4) is 0 Å². The molecule has 1 fully saturated rings.